The van der Waals surface area contributed by atoms with Crippen molar-refractivity contribution in [2.24, 2.45) is 0 Å². The van der Waals surface area contributed by atoms with Crippen LogP contribution in [0.2, 0.25) is 0 Å². The lowest BCUT2D eigenvalue weighted by Crippen LogP contribution is -2.35. The van der Waals surface area contributed by atoms with E-state index in [1.54, 1.807) is 24.3 Å². The fraction of sp³-hybridized carbons (Fsp3) is 0.600. The Kier molecular flexibility index (Phi) is 5.80. The van der Waals surface area contributed by atoms with Crippen molar-refractivity contribution >= 4 is 10.0 Å². The molecule has 0 bridgehead atoms. The van der Waals surface area contributed by atoms with Gasteiger partial charge in [-0.25, -0.2) is 12.7 Å². The van der Waals surface area contributed by atoms with Gasteiger partial charge in [-0.2, -0.15) is 0 Å². The van der Waals surface area contributed by atoms with Crippen molar-refractivity contribution in [3.05, 3.63) is 24.3 Å². The van der Waals surface area contributed by atoms with E-state index in [1.807, 2.05) is 0 Å². The number of benzene rings is 1. The van der Waals surface area contributed by atoms with Crippen LogP contribution in [-0.2, 0) is 10.0 Å². The number of aliphatic hydroxyl groups is 1. The predicted octanol–water partition coefficient (Wildman–Crippen LogP) is 0.772. The lowest BCUT2D eigenvalue weighted by Gasteiger charge is -2.22. The van der Waals surface area contributed by atoms with Crippen molar-refractivity contribution in [1.82, 2.24) is 9.21 Å². The van der Waals surface area contributed by atoms with Crippen molar-refractivity contribution in [2.75, 3.05) is 40.4 Å². The molecule has 0 saturated carbocycles. The van der Waals surface area contributed by atoms with Crippen LogP contribution in [0.15, 0.2) is 29.2 Å². The predicted molar refractivity (Wildman–Crippen MR) is 84.5 cm³/mol. The zero-order chi connectivity index (χ0) is 16.2. The van der Waals surface area contributed by atoms with E-state index in [0.717, 1.165) is 25.9 Å². The van der Waals surface area contributed by atoms with E-state index in [1.165, 1.54) is 18.4 Å². The molecule has 1 N–H and O–H groups in total. The standard InChI is InChI=1S/C15H24N2O4S/c1-16(2)22(19,20)15-7-5-14(6-8-15)21-11-10-17-9-3-4-13(17)12-18/h5-8,13,18H,3-4,9-12H2,1-2H3/t13-/m0/s1. The molecule has 2 rings (SSSR count). The van der Waals surface area contributed by atoms with E-state index >= 15 is 0 Å². The maximum Gasteiger partial charge on any atom is 0.242 e. The number of rotatable bonds is 7. The maximum absolute atomic E-state index is 12.0. The first-order chi connectivity index (χ1) is 10.4. The Labute approximate surface area is 132 Å². The molecule has 0 amide bonds. The van der Waals surface area contributed by atoms with Crippen LogP contribution < -0.4 is 4.74 Å². The lowest BCUT2D eigenvalue weighted by atomic mass is 10.2. The molecule has 1 aromatic carbocycles. The van der Waals surface area contributed by atoms with Crippen LogP contribution in [-0.4, -0.2) is 69.2 Å². The van der Waals surface area contributed by atoms with Gasteiger partial charge in [-0.15, -0.1) is 0 Å². The number of hydrogen-bond donors (Lipinski definition) is 1. The van der Waals surface area contributed by atoms with Gasteiger partial charge in [0.05, 0.1) is 11.5 Å². The molecular formula is C15H24N2O4S. The van der Waals surface area contributed by atoms with Crippen LogP contribution in [0, 0.1) is 0 Å². The molecule has 0 unspecified atom stereocenters. The quantitative estimate of drug-likeness (QED) is 0.801. The highest BCUT2D eigenvalue weighted by atomic mass is 32.2. The number of hydrogen-bond acceptors (Lipinski definition) is 5. The van der Waals surface area contributed by atoms with Crippen LogP contribution in [0.5, 0.6) is 5.75 Å². The van der Waals surface area contributed by atoms with E-state index in [2.05, 4.69) is 4.90 Å². The second-order valence-electron chi connectivity index (χ2n) is 5.62. The molecule has 6 nitrogen and oxygen atoms in total. The normalized spacial score (nSPS) is 19.7. The molecule has 22 heavy (non-hydrogen) atoms. The van der Waals surface area contributed by atoms with Crippen molar-refractivity contribution in [1.29, 1.82) is 0 Å². The van der Waals surface area contributed by atoms with Crippen LogP contribution >= 0.6 is 0 Å². The Bertz CT molecular complexity index is 572. The average molecular weight is 328 g/mol. The van der Waals surface area contributed by atoms with Crippen LogP contribution in [0.3, 0.4) is 0 Å². The van der Waals surface area contributed by atoms with Gasteiger partial charge in [0.25, 0.3) is 0 Å². The summed E-state index contributed by atoms with van der Waals surface area (Å²) in [6.45, 7) is 2.48. The van der Waals surface area contributed by atoms with Crippen molar-refractivity contribution in [3.63, 3.8) is 0 Å². The van der Waals surface area contributed by atoms with Gasteiger partial charge in [0, 0.05) is 26.7 Å². The third-order valence-corrected chi connectivity index (χ3v) is 5.79. The molecule has 1 saturated heterocycles. The van der Waals surface area contributed by atoms with Gasteiger partial charge < -0.3 is 9.84 Å². The summed E-state index contributed by atoms with van der Waals surface area (Å²) in [5, 5.41) is 9.26. The minimum absolute atomic E-state index is 0.192. The summed E-state index contributed by atoms with van der Waals surface area (Å²) in [5.74, 6) is 0.650. The molecule has 0 aliphatic carbocycles. The molecule has 1 aliphatic heterocycles. The smallest absolute Gasteiger partial charge is 0.242 e. The molecule has 1 aromatic rings. The SMILES string of the molecule is CN(C)S(=O)(=O)c1ccc(OCCN2CCC[C@H]2CO)cc1. The molecule has 7 heteroatoms. The summed E-state index contributed by atoms with van der Waals surface area (Å²) in [6.07, 6.45) is 2.15. The van der Waals surface area contributed by atoms with Gasteiger partial charge in [0.15, 0.2) is 0 Å². The minimum atomic E-state index is -3.40. The van der Waals surface area contributed by atoms with E-state index in [9.17, 15) is 13.5 Å². The zero-order valence-electron chi connectivity index (χ0n) is 13.1. The topological polar surface area (TPSA) is 70.1 Å². The van der Waals surface area contributed by atoms with E-state index < -0.39 is 10.0 Å². The fourth-order valence-corrected chi connectivity index (χ4v) is 3.50. The summed E-state index contributed by atoms with van der Waals surface area (Å²) < 4.78 is 30.8. The van der Waals surface area contributed by atoms with Crippen LogP contribution in [0.1, 0.15) is 12.8 Å². The number of ether oxygens (including phenoxy) is 1. The Morgan fingerprint density at radius 1 is 1.32 bits per heavy atom. The first-order valence-electron chi connectivity index (χ1n) is 7.45. The van der Waals surface area contributed by atoms with E-state index in [4.69, 9.17) is 4.74 Å². The first-order valence-corrected chi connectivity index (χ1v) is 8.89. The second-order valence-corrected chi connectivity index (χ2v) is 7.77. The zero-order valence-corrected chi connectivity index (χ0v) is 13.9. The van der Waals surface area contributed by atoms with Gasteiger partial charge >= 0.3 is 0 Å². The number of nitrogens with zero attached hydrogens (tertiary/aromatic N) is 2. The molecule has 124 valence electrons. The molecule has 0 radical (unpaired) electrons. The summed E-state index contributed by atoms with van der Waals surface area (Å²) in [4.78, 5) is 2.48. The van der Waals surface area contributed by atoms with Gasteiger partial charge in [-0.05, 0) is 43.7 Å². The third-order valence-electron chi connectivity index (χ3n) is 3.96. The Morgan fingerprint density at radius 2 is 2.00 bits per heavy atom. The van der Waals surface area contributed by atoms with E-state index in [0.29, 0.717) is 12.4 Å². The van der Waals surface area contributed by atoms with Crippen LogP contribution in [0.4, 0.5) is 0 Å². The van der Waals surface area contributed by atoms with Crippen molar-refractivity contribution < 1.29 is 18.3 Å². The molecule has 1 heterocycles. The van der Waals surface area contributed by atoms with Gasteiger partial charge in [-0.3, -0.25) is 4.90 Å². The Morgan fingerprint density at radius 3 is 2.59 bits per heavy atom. The molecule has 0 aromatic heterocycles. The number of likely N-dealkylation sites (tertiary alicyclic amines) is 1. The van der Waals surface area contributed by atoms with E-state index in [-0.39, 0.29) is 17.5 Å². The first kappa shape index (κ1) is 17.2. The Hall–Kier alpha value is -1.15. The summed E-state index contributed by atoms with van der Waals surface area (Å²) in [7, 11) is -0.382. The second kappa shape index (κ2) is 7.41. The average Bonchev–Trinajstić information content (AvgIpc) is 2.95. The summed E-state index contributed by atoms with van der Waals surface area (Å²) in [5.41, 5.74) is 0. The van der Waals surface area contributed by atoms with Gasteiger partial charge in [0.2, 0.25) is 10.0 Å². The number of aliphatic hydroxyl groups excluding tert-OH is 1. The molecule has 1 aliphatic rings. The van der Waals surface area contributed by atoms with Crippen LogP contribution in [0.25, 0.3) is 0 Å². The minimum Gasteiger partial charge on any atom is -0.492 e. The monoisotopic (exact) mass is 328 g/mol. The van der Waals surface area contributed by atoms with Crippen molar-refractivity contribution in [3.8, 4) is 5.75 Å². The summed E-state index contributed by atoms with van der Waals surface area (Å²) >= 11 is 0. The number of sulfonamides is 1. The Balaban J connectivity index is 1.87. The fourth-order valence-electron chi connectivity index (χ4n) is 2.60. The molecular weight excluding hydrogens is 304 g/mol. The highest BCUT2D eigenvalue weighted by molar-refractivity contribution is 7.89. The van der Waals surface area contributed by atoms with Gasteiger partial charge in [-0.1, -0.05) is 0 Å². The highest BCUT2D eigenvalue weighted by Gasteiger charge is 2.23. The largest absolute Gasteiger partial charge is 0.492 e. The van der Waals surface area contributed by atoms with Gasteiger partial charge in [0.1, 0.15) is 12.4 Å². The molecule has 1 atom stereocenters. The highest BCUT2D eigenvalue weighted by Crippen LogP contribution is 2.19. The summed E-state index contributed by atoms with van der Waals surface area (Å²) in [6, 6.07) is 6.69. The van der Waals surface area contributed by atoms with Crippen molar-refractivity contribution in [2.45, 2.75) is 23.8 Å². The third kappa shape index (κ3) is 3.98. The maximum atomic E-state index is 12.0. The molecule has 1 fully saturated rings. The molecule has 0 spiro atoms. The lowest BCUT2D eigenvalue weighted by molar-refractivity contribution is 0.139.